The van der Waals surface area contributed by atoms with Crippen molar-refractivity contribution >= 4 is 27.5 Å². The fourth-order valence-corrected chi connectivity index (χ4v) is 8.27. The molecule has 0 radical (unpaired) electrons. The van der Waals surface area contributed by atoms with Gasteiger partial charge in [0.25, 0.3) is 0 Å². The maximum Gasteiger partial charge on any atom is 0.319 e. The number of fused-ring (bicyclic) bond motifs is 3. The number of phenols is 1. The van der Waals surface area contributed by atoms with Crippen LogP contribution in [0.15, 0.2) is 36.4 Å². The van der Waals surface area contributed by atoms with Gasteiger partial charge in [-0.1, -0.05) is 25.5 Å². The van der Waals surface area contributed by atoms with Gasteiger partial charge in [-0.05, 0) is 98.8 Å². The third-order valence-corrected chi connectivity index (χ3v) is 10.4. The number of hydrogen-bond acceptors (Lipinski definition) is 8. The van der Waals surface area contributed by atoms with Gasteiger partial charge in [0.1, 0.15) is 28.5 Å². The van der Waals surface area contributed by atoms with Crippen molar-refractivity contribution in [1.82, 2.24) is 14.9 Å². The van der Waals surface area contributed by atoms with E-state index < -0.39 is 11.4 Å². The number of anilines is 1. The van der Waals surface area contributed by atoms with Gasteiger partial charge in [-0.2, -0.15) is 9.97 Å². The van der Waals surface area contributed by atoms with E-state index in [1.807, 2.05) is 11.8 Å². The van der Waals surface area contributed by atoms with Crippen molar-refractivity contribution in [3.05, 3.63) is 53.6 Å². The summed E-state index contributed by atoms with van der Waals surface area (Å²) >= 11 is 0. The molecule has 0 amide bonds. The molecule has 4 aromatic rings. The zero-order valence-corrected chi connectivity index (χ0v) is 26.8. The summed E-state index contributed by atoms with van der Waals surface area (Å²) < 4.78 is 44.1. The molecule has 3 heterocycles. The summed E-state index contributed by atoms with van der Waals surface area (Å²) in [6.45, 7) is 6.29. The highest BCUT2D eigenvalue weighted by Crippen LogP contribution is 2.48. The minimum Gasteiger partial charge on any atom is -0.508 e. The smallest absolute Gasteiger partial charge is 0.319 e. The van der Waals surface area contributed by atoms with Crippen molar-refractivity contribution in [2.45, 2.75) is 64.0 Å². The van der Waals surface area contributed by atoms with Crippen LogP contribution in [0.5, 0.6) is 11.8 Å². The lowest BCUT2D eigenvalue weighted by Gasteiger charge is -2.44. The quantitative estimate of drug-likeness (QED) is 0.259. The third-order valence-electron chi connectivity index (χ3n) is 10.4. The molecule has 0 spiro atoms. The third kappa shape index (κ3) is 5.44. The number of aromatic nitrogens is 2. The minimum atomic E-state index is -1.14. The molecule has 1 unspecified atom stereocenters. The Balaban J connectivity index is 1.38. The second-order valence-corrected chi connectivity index (χ2v) is 13.7. The van der Waals surface area contributed by atoms with E-state index in [4.69, 9.17) is 14.5 Å². The molecule has 3 aromatic carbocycles. The van der Waals surface area contributed by atoms with E-state index in [1.54, 1.807) is 31.2 Å². The van der Waals surface area contributed by atoms with E-state index in [0.717, 1.165) is 38.6 Å². The molecular formula is C36H42F2N4O4. The number of rotatable bonds is 6. The molecule has 46 heavy (non-hydrogen) atoms. The van der Waals surface area contributed by atoms with Crippen molar-refractivity contribution in [1.29, 1.82) is 0 Å². The molecule has 2 saturated heterocycles. The van der Waals surface area contributed by atoms with Gasteiger partial charge in [-0.3, -0.25) is 0 Å². The van der Waals surface area contributed by atoms with Crippen LogP contribution in [0, 0.1) is 17.0 Å². The largest absolute Gasteiger partial charge is 0.508 e. The molecular weight excluding hydrogens is 590 g/mol. The molecule has 244 valence electrons. The molecule has 3 fully saturated rings. The van der Waals surface area contributed by atoms with Crippen molar-refractivity contribution in [3.63, 3.8) is 0 Å². The number of phenolic OH excluding ortho intramolecular Hbond substituents is 1. The molecule has 1 aliphatic carbocycles. The average molecular weight is 633 g/mol. The van der Waals surface area contributed by atoms with Gasteiger partial charge in [-0.25, -0.2) is 8.78 Å². The van der Waals surface area contributed by atoms with Crippen LogP contribution in [0.1, 0.15) is 51.5 Å². The molecule has 3 aliphatic rings. The van der Waals surface area contributed by atoms with Crippen molar-refractivity contribution in [2.75, 3.05) is 51.4 Å². The Labute approximate surface area is 268 Å². The minimum absolute atomic E-state index is 0.00685. The van der Waals surface area contributed by atoms with Gasteiger partial charge >= 0.3 is 6.01 Å². The van der Waals surface area contributed by atoms with Crippen LogP contribution in [0.2, 0.25) is 0 Å². The monoisotopic (exact) mass is 632 g/mol. The Morgan fingerprint density at radius 3 is 2.72 bits per heavy atom. The molecule has 1 saturated carbocycles. The van der Waals surface area contributed by atoms with E-state index >= 15 is 4.39 Å². The lowest BCUT2D eigenvalue weighted by molar-refractivity contribution is -0.0123. The van der Waals surface area contributed by atoms with Gasteiger partial charge in [0, 0.05) is 29.0 Å². The first-order valence-corrected chi connectivity index (χ1v) is 16.4. The first-order valence-electron chi connectivity index (χ1n) is 16.4. The van der Waals surface area contributed by atoms with Gasteiger partial charge in [-0.15, -0.1) is 0 Å². The predicted octanol–water partition coefficient (Wildman–Crippen LogP) is 6.23. The predicted molar refractivity (Wildman–Crippen MR) is 175 cm³/mol. The highest BCUT2D eigenvalue weighted by Gasteiger charge is 2.47. The van der Waals surface area contributed by atoms with E-state index in [9.17, 15) is 14.6 Å². The van der Waals surface area contributed by atoms with E-state index in [-0.39, 0.29) is 47.2 Å². The fraction of sp³-hybridized carbons (Fsp3) is 0.500. The summed E-state index contributed by atoms with van der Waals surface area (Å²) in [4.78, 5) is 13.9. The van der Waals surface area contributed by atoms with Gasteiger partial charge < -0.3 is 29.5 Å². The molecule has 7 rings (SSSR count). The Kier molecular flexibility index (Phi) is 8.02. The van der Waals surface area contributed by atoms with Crippen LogP contribution in [0.3, 0.4) is 0 Å². The molecule has 2 aliphatic heterocycles. The SMILES string of the molecule is CCc1c(F)ccc2cc(O)cc(-c3ccc4c(N5CCOCC(C)(O)C5)nc(OC[C@]56CCC[C@H]5N(C)CCC6)nc4c3F)c12. The lowest BCUT2D eigenvalue weighted by Crippen LogP contribution is -2.50. The molecule has 2 N–H and O–H groups in total. The number of likely N-dealkylation sites (tertiary alicyclic amines) is 1. The fourth-order valence-electron chi connectivity index (χ4n) is 8.27. The van der Waals surface area contributed by atoms with E-state index in [0.29, 0.717) is 65.3 Å². The van der Waals surface area contributed by atoms with Gasteiger partial charge in [0.15, 0.2) is 5.82 Å². The van der Waals surface area contributed by atoms with Gasteiger partial charge in [0.05, 0.1) is 26.4 Å². The summed E-state index contributed by atoms with van der Waals surface area (Å²) in [6, 6.07) is 9.92. The number of benzene rings is 3. The zero-order chi connectivity index (χ0) is 32.2. The standard InChI is InChI=1S/C36H42F2N4O4/c1-4-24-28(37)11-8-22-17-23(43)18-27(30(22)24)25-9-10-26-32(31(25)38)39-34(40-33(26)42-15-16-45-20-35(2,44)19-42)46-21-36-12-5-7-29(36)41(3)14-6-13-36/h8-11,17-18,29,43-44H,4-7,12-16,19-21H2,1-3H3/t29-,35?,36-/m1/s1. The Bertz CT molecular complexity index is 1800. The maximum absolute atomic E-state index is 16.9. The van der Waals surface area contributed by atoms with Crippen LogP contribution >= 0.6 is 0 Å². The normalized spacial score (nSPS) is 25.6. The first kappa shape index (κ1) is 31.0. The number of nitrogens with zero attached hydrogens (tertiary/aromatic N) is 4. The number of piperidine rings is 1. The molecule has 3 atom stereocenters. The van der Waals surface area contributed by atoms with Crippen LogP contribution in [-0.4, -0.2) is 83.2 Å². The highest BCUT2D eigenvalue weighted by atomic mass is 19.1. The number of aromatic hydroxyl groups is 1. The molecule has 0 bridgehead atoms. The second kappa shape index (κ2) is 11.9. The van der Waals surface area contributed by atoms with E-state index in [2.05, 4.69) is 16.9 Å². The summed E-state index contributed by atoms with van der Waals surface area (Å²) in [7, 11) is 2.18. The van der Waals surface area contributed by atoms with Crippen molar-refractivity contribution in [3.8, 4) is 22.9 Å². The topological polar surface area (TPSA) is 91.2 Å². The maximum atomic E-state index is 16.9. The highest BCUT2D eigenvalue weighted by molar-refractivity contribution is 6.03. The van der Waals surface area contributed by atoms with Crippen LogP contribution in [0.4, 0.5) is 14.6 Å². The Morgan fingerprint density at radius 1 is 1.07 bits per heavy atom. The summed E-state index contributed by atoms with van der Waals surface area (Å²) in [5.74, 6) is -0.579. The van der Waals surface area contributed by atoms with Crippen LogP contribution < -0.4 is 9.64 Å². The number of aliphatic hydroxyl groups is 1. The van der Waals surface area contributed by atoms with Crippen molar-refractivity contribution in [2.24, 2.45) is 5.41 Å². The summed E-state index contributed by atoms with van der Waals surface area (Å²) in [5.41, 5.74) is -0.0516. The Hall–Kier alpha value is -3.60. The van der Waals surface area contributed by atoms with Crippen molar-refractivity contribution < 1.29 is 28.5 Å². The Morgan fingerprint density at radius 2 is 1.89 bits per heavy atom. The number of halogens is 2. The average Bonchev–Trinajstić information content (AvgIpc) is 3.38. The molecule has 8 nitrogen and oxygen atoms in total. The number of hydrogen-bond donors (Lipinski definition) is 2. The molecule has 10 heteroatoms. The number of ether oxygens (including phenoxy) is 2. The molecule has 1 aromatic heterocycles. The number of aryl methyl sites for hydroxylation is 1. The summed E-state index contributed by atoms with van der Waals surface area (Å²) in [5, 5.41) is 23.3. The van der Waals surface area contributed by atoms with Crippen LogP contribution in [0.25, 0.3) is 32.8 Å². The number of β-amino-alcohol motifs (C(OH)–C–C–N with tert-alkyl or cyclic N) is 1. The zero-order valence-electron chi connectivity index (χ0n) is 26.8. The van der Waals surface area contributed by atoms with E-state index in [1.165, 1.54) is 12.1 Å². The lowest BCUT2D eigenvalue weighted by atomic mass is 9.76. The van der Waals surface area contributed by atoms with Gasteiger partial charge in [0.2, 0.25) is 0 Å². The van der Waals surface area contributed by atoms with Crippen LogP contribution in [-0.2, 0) is 11.2 Å². The second-order valence-electron chi connectivity index (χ2n) is 13.7. The summed E-state index contributed by atoms with van der Waals surface area (Å²) in [6.07, 6.45) is 5.89. The first-order chi connectivity index (χ1) is 22.1.